The number of hydrogen-bond acceptors (Lipinski definition) is 3. The normalized spacial score (nSPS) is 18.7. The molecule has 0 fully saturated rings. The van der Waals surface area contributed by atoms with Crippen LogP contribution in [0.1, 0.15) is 29.3 Å². The van der Waals surface area contributed by atoms with Gasteiger partial charge in [-0.05, 0) is 24.1 Å². The summed E-state index contributed by atoms with van der Waals surface area (Å²) < 4.78 is 6.90. The first-order chi connectivity index (χ1) is 8.70. The minimum atomic E-state index is 0.237. The first-order valence-corrected chi connectivity index (χ1v) is 6.97. The number of rotatable bonds is 2. The van der Waals surface area contributed by atoms with Gasteiger partial charge in [0.2, 0.25) is 0 Å². The van der Waals surface area contributed by atoms with Crippen molar-refractivity contribution in [3.63, 3.8) is 0 Å². The van der Waals surface area contributed by atoms with Gasteiger partial charge in [-0.2, -0.15) is 0 Å². The molecule has 0 radical (unpaired) electrons. The Morgan fingerprint density at radius 2 is 2.33 bits per heavy atom. The van der Waals surface area contributed by atoms with Crippen LogP contribution < -0.4 is 5.73 Å². The molecule has 3 rings (SSSR count). The molecule has 1 aliphatic carbocycles. The molecule has 0 bridgehead atoms. The number of oxazole rings is 1. The molecule has 1 aromatic carbocycles. The second-order valence-corrected chi connectivity index (χ2v) is 5.70. The van der Waals surface area contributed by atoms with Crippen molar-refractivity contribution < 1.29 is 4.42 Å². The summed E-state index contributed by atoms with van der Waals surface area (Å²) in [6, 6.07) is 8.46. The predicted molar refractivity (Wildman–Crippen MR) is 73.5 cm³/mol. The third-order valence-electron chi connectivity index (χ3n) is 3.26. The monoisotopic (exact) mass is 306 g/mol. The molecule has 94 valence electrons. The van der Waals surface area contributed by atoms with Gasteiger partial charge in [-0.3, -0.25) is 0 Å². The van der Waals surface area contributed by atoms with Crippen LogP contribution in [0.2, 0.25) is 0 Å². The Labute approximate surface area is 115 Å². The van der Waals surface area contributed by atoms with Gasteiger partial charge in [0, 0.05) is 29.8 Å². The maximum atomic E-state index is 5.94. The van der Waals surface area contributed by atoms with Crippen molar-refractivity contribution in [2.45, 2.75) is 31.7 Å². The van der Waals surface area contributed by atoms with Crippen LogP contribution in [-0.4, -0.2) is 11.0 Å². The number of aryl methyl sites for hydroxylation is 1. The predicted octanol–water partition coefficient (Wildman–Crippen LogP) is 2.84. The van der Waals surface area contributed by atoms with Crippen molar-refractivity contribution in [2.24, 2.45) is 5.73 Å². The van der Waals surface area contributed by atoms with E-state index in [2.05, 4.69) is 33.0 Å². The standard InChI is InChI=1S/C14H15BrN2O/c15-10-3-1-2-9(6-10)7-14-17-12-8-11(16)4-5-13(12)18-14/h1-3,6,11H,4-5,7-8,16H2. The molecular formula is C14H15BrN2O. The summed E-state index contributed by atoms with van der Waals surface area (Å²) >= 11 is 3.47. The first-order valence-electron chi connectivity index (χ1n) is 6.18. The zero-order valence-electron chi connectivity index (χ0n) is 10.0. The van der Waals surface area contributed by atoms with E-state index in [0.717, 1.165) is 47.5 Å². The van der Waals surface area contributed by atoms with Gasteiger partial charge >= 0.3 is 0 Å². The topological polar surface area (TPSA) is 52.0 Å². The number of nitrogens with two attached hydrogens (primary N) is 1. The minimum Gasteiger partial charge on any atom is -0.445 e. The first kappa shape index (κ1) is 11.9. The van der Waals surface area contributed by atoms with Gasteiger partial charge in [-0.15, -0.1) is 0 Å². The Balaban J connectivity index is 1.82. The lowest BCUT2D eigenvalue weighted by Gasteiger charge is -2.14. The summed E-state index contributed by atoms with van der Waals surface area (Å²) in [5.74, 6) is 1.83. The number of fused-ring (bicyclic) bond motifs is 1. The summed E-state index contributed by atoms with van der Waals surface area (Å²) in [6.07, 6.45) is 3.50. The second-order valence-electron chi connectivity index (χ2n) is 4.79. The van der Waals surface area contributed by atoms with Crippen molar-refractivity contribution >= 4 is 15.9 Å². The molecule has 0 spiro atoms. The zero-order chi connectivity index (χ0) is 12.5. The van der Waals surface area contributed by atoms with Gasteiger partial charge in [-0.25, -0.2) is 4.98 Å². The van der Waals surface area contributed by atoms with Gasteiger partial charge < -0.3 is 10.2 Å². The fourth-order valence-electron chi connectivity index (χ4n) is 2.36. The van der Waals surface area contributed by atoms with Crippen LogP contribution in [0.3, 0.4) is 0 Å². The van der Waals surface area contributed by atoms with Crippen molar-refractivity contribution in [3.8, 4) is 0 Å². The van der Waals surface area contributed by atoms with Crippen LogP contribution in [0.5, 0.6) is 0 Å². The quantitative estimate of drug-likeness (QED) is 0.928. The molecule has 1 heterocycles. The molecule has 2 N–H and O–H groups in total. The maximum Gasteiger partial charge on any atom is 0.199 e. The largest absolute Gasteiger partial charge is 0.445 e. The van der Waals surface area contributed by atoms with Gasteiger partial charge in [0.15, 0.2) is 5.89 Å². The van der Waals surface area contributed by atoms with E-state index in [1.807, 2.05) is 12.1 Å². The number of aromatic nitrogens is 1. The molecule has 1 atom stereocenters. The van der Waals surface area contributed by atoms with Gasteiger partial charge in [0.25, 0.3) is 0 Å². The molecule has 0 aliphatic heterocycles. The minimum absolute atomic E-state index is 0.237. The fraction of sp³-hybridized carbons (Fsp3) is 0.357. The highest BCUT2D eigenvalue weighted by molar-refractivity contribution is 9.10. The highest BCUT2D eigenvalue weighted by Gasteiger charge is 2.21. The molecule has 0 saturated carbocycles. The Kier molecular flexibility index (Phi) is 3.22. The number of hydrogen-bond donors (Lipinski definition) is 1. The lowest BCUT2D eigenvalue weighted by molar-refractivity contribution is 0.433. The van der Waals surface area contributed by atoms with E-state index in [-0.39, 0.29) is 6.04 Å². The lowest BCUT2D eigenvalue weighted by Crippen LogP contribution is -2.27. The second kappa shape index (κ2) is 4.86. The van der Waals surface area contributed by atoms with Gasteiger partial charge in [-0.1, -0.05) is 28.1 Å². The zero-order valence-corrected chi connectivity index (χ0v) is 11.6. The van der Waals surface area contributed by atoms with E-state index < -0.39 is 0 Å². The van der Waals surface area contributed by atoms with Crippen LogP contribution in [0.25, 0.3) is 0 Å². The number of benzene rings is 1. The Hall–Kier alpha value is -1.13. The number of halogens is 1. The summed E-state index contributed by atoms with van der Waals surface area (Å²) in [5.41, 5.74) is 8.20. The molecule has 1 aromatic heterocycles. The highest BCUT2D eigenvalue weighted by Crippen LogP contribution is 2.23. The summed E-state index contributed by atoms with van der Waals surface area (Å²) in [6.45, 7) is 0. The van der Waals surface area contributed by atoms with Crippen LogP contribution in [-0.2, 0) is 19.3 Å². The Bertz CT molecular complexity index is 565. The maximum absolute atomic E-state index is 5.94. The molecular weight excluding hydrogens is 292 g/mol. The SMILES string of the molecule is NC1CCc2oc(Cc3cccc(Br)c3)nc2C1. The third-order valence-corrected chi connectivity index (χ3v) is 3.76. The Morgan fingerprint density at radius 3 is 3.17 bits per heavy atom. The molecule has 2 aromatic rings. The summed E-state index contributed by atoms with van der Waals surface area (Å²) in [7, 11) is 0. The van der Waals surface area contributed by atoms with Crippen molar-refractivity contribution in [3.05, 3.63) is 51.6 Å². The Morgan fingerprint density at radius 1 is 1.44 bits per heavy atom. The smallest absolute Gasteiger partial charge is 0.199 e. The van der Waals surface area contributed by atoms with E-state index in [1.54, 1.807) is 0 Å². The molecule has 18 heavy (non-hydrogen) atoms. The fourth-order valence-corrected chi connectivity index (χ4v) is 2.80. The van der Waals surface area contributed by atoms with Crippen LogP contribution >= 0.6 is 15.9 Å². The molecule has 0 amide bonds. The van der Waals surface area contributed by atoms with E-state index in [4.69, 9.17) is 10.2 Å². The van der Waals surface area contributed by atoms with Crippen LogP contribution in [0.4, 0.5) is 0 Å². The average molecular weight is 307 g/mol. The molecule has 1 aliphatic rings. The van der Waals surface area contributed by atoms with Crippen molar-refractivity contribution in [2.75, 3.05) is 0 Å². The third kappa shape index (κ3) is 2.49. The van der Waals surface area contributed by atoms with Crippen molar-refractivity contribution in [1.29, 1.82) is 0 Å². The molecule has 0 saturated heterocycles. The number of nitrogens with zero attached hydrogens (tertiary/aromatic N) is 1. The molecule has 3 nitrogen and oxygen atoms in total. The molecule has 1 unspecified atom stereocenters. The van der Waals surface area contributed by atoms with E-state index >= 15 is 0 Å². The molecule has 4 heteroatoms. The van der Waals surface area contributed by atoms with Gasteiger partial charge in [0.1, 0.15) is 5.76 Å². The average Bonchev–Trinajstić information content (AvgIpc) is 2.70. The van der Waals surface area contributed by atoms with Crippen molar-refractivity contribution in [1.82, 2.24) is 4.98 Å². The van der Waals surface area contributed by atoms with Crippen LogP contribution in [0.15, 0.2) is 33.2 Å². The lowest BCUT2D eigenvalue weighted by atomic mass is 9.98. The summed E-state index contributed by atoms with van der Waals surface area (Å²) in [5, 5.41) is 0. The van der Waals surface area contributed by atoms with Gasteiger partial charge in [0.05, 0.1) is 5.69 Å². The van der Waals surface area contributed by atoms with Crippen LogP contribution in [0, 0.1) is 0 Å². The van der Waals surface area contributed by atoms with E-state index in [0.29, 0.717) is 0 Å². The van der Waals surface area contributed by atoms with E-state index in [1.165, 1.54) is 5.56 Å². The van der Waals surface area contributed by atoms with E-state index in [9.17, 15) is 0 Å². The summed E-state index contributed by atoms with van der Waals surface area (Å²) in [4.78, 5) is 4.56. The highest BCUT2D eigenvalue weighted by atomic mass is 79.9.